The normalized spacial score (nSPS) is 18.7. The number of carbonyl (C=O) groups is 1. The molecule has 1 aromatic rings. The molecule has 1 saturated carbocycles. The predicted molar refractivity (Wildman–Crippen MR) is 155 cm³/mol. The number of nitriles is 1. The molecular formula is C32H49F4N3O3. The van der Waals surface area contributed by atoms with Crippen molar-refractivity contribution in [2.45, 2.75) is 141 Å². The number of unbranched alkanes of at least 4 members (excludes halogenated alkanes) is 13. The molecule has 6 nitrogen and oxygen atoms in total. The fraction of sp³-hybridized carbons (Fsp3) is 0.750. The van der Waals surface area contributed by atoms with E-state index in [4.69, 9.17) is 0 Å². The van der Waals surface area contributed by atoms with Crippen LogP contribution in [0.25, 0.3) is 0 Å². The Kier molecular flexibility index (Phi) is 17.3. The fourth-order valence-corrected chi connectivity index (χ4v) is 5.68. The Bertz CT molecular complexity index is 934. The first kappa shape index (κ1) is 35.7. The van der Waals surface area contributed by atoms with Gasteiger partial charge in [-0.1, -0.05) is 96.5 Å². The molecule has 1 amide bonds. The Balaban J connectivity index is 1.62. The summed E-state index contributed by atoms with van der Waals surface area (Å²) in [7, 11) is 0. The van der Waals surface area contributed by atoms with Gasteiger partial charge < -0.3 is 9.47 Å². The Hall–Kier alpha value is -2.54. The first-order valence-corrected chi connectivity index (χ1v) is 15.8. The number of nitrogens with one attached hydrogen (secondary N) is 2. The standard InChI is InChI=1S/C32H49F4N3O3/c1-2-3-4-5-6-7-8-9-10-11-12-13-14-15-22-38-39-29(40)25-18-20-32(24-37,21-19-25)26-16-17-27(41-30(33)34)28(23-26)42-31(35)36/h16-17,23,25,30-31,38H,2-15,18-22H2,1H3,(H,39,40). The summed E-state index contributed by atoms with van der Waals surface area (Å²) in [5.74, 6) is -1.49. The molecule has 42 heavy (non-hydrogen) atoms. The van der Waals surface area contributed by atoms with Crippen LogP contribution in [0.15, 0.2) is 18.2 Å². The summed E-state index contributed by atoms with van der Waals surface area (Å²) in [5, 5.41) is 9.96. The van der Waals surface area contributed by atoms with Crippen molar-refractivity contribution < 1.29 is 31.8 Å². The van der Waals surface area contributed by atoms with E-state index in [-0.39, 0.29) is 11.8 Å². The second-order valence-electron chi connectivity index (χ2n) is 11.4. The molecule has 2 rings (SSSR count). The molecule has 2 N–H and O–H groups in total. The van der Waals surface area contributed by atoms with Crippen LogP contribution in [0.5, 0.6) is 11.5 Å². The summed E-state index contributed by atoms with van der Waals surface area (Å²) in [6, 6.07) is 5.94. The number of benzene rings is 1. The molecule has 0 unspecified atom stereocenters. The van der Waals surface area contributed by atoms with E-state index >= 15 is 0 Å². The molecule has 0 radical (unpaired) electrons. The van der Waals surface area contributed by atoms with Gasteiger partial charge in [-0.2, -0.15) is 22.8 Å². The highest BCUT2D eigenvalue weighted by molar-refractivity contribution is 5.78. The number of halogens is 4. The van der Waals surface area contributed by atoms with Crippen LogP contribution in [0, 0.1) is 17.2 Å². The number of hydrogen-bond acceptors (Lipinski definition) is 5. The van der Waals surface area contributed by atoms with E-state index in [1.165, 1.54) is 83.1 Å². The van der Waals surface area contributed by atoms with E-state index in [0.29, 0.717) is 37.8 Å². The van der Waals surface area contributed by atoms with Crippen molar-refractivity contribution in [3.05, 3.63) is 23.8 Å². The quantitative estimate of drug-likeness (QED) is 0.0790. The lowest BCUT2D eigenvalue weighted by molar-refractivity contribution is -0.127. The van der Waals surface area contributed by atoms with Crippen molar-refractivity contribution >= 4 is 5.91 Å². The lowest BCUT2D eigenvalue weighted by Gasteiger charge is -2.35. The molecule has 0 aliphatic heterocycles. The minimum atomic E-state index is -3.24. The van der Waals surface area contributed by atoms with Crippen molar-refractivity contribution in [2.75, 3.05) is 6.54 Å². The lowest BCUT2D eigenvalue weighted by atomic mass is 9.67. The average Bonchev–Trinajstić information content (AvgIpc) is 2.97. The van der Waals surface area contributed by atoms with Crippen LogP contribution in [0.1, 0.15) is 128 Å². The number of amides is 1. The van der Waals surface area contributed by atoms with Gasteiger partial charge >= 0.3 is 13.2 Å². The molecule has 1 aromatic carbocycles. The summed E-state index contributed by atoms with van der Waals surface area (Å²) in [4.78, 5) is 12.7. The van der Waals surface area contributed by atoms with E-state index in [2.05, 4.69) is 33.3 Å². The van der Waals surface area contributed by atoms with Gasteiger partial charge in [0, 0.05) is 12.5 Å². The third-order valence-electron chi connectivity index (χ3n) is 8.22. The van der Waals surface area contributed by atoms with E-state index < -0.39 is 30.1 Å². The average molecular weight is 600 g/mol. The predicted octanol–water partition coefficient (Wildman–Crippen LogP) is 8.94. The number of nitrogens with zero attached hydrogens (tertiary/aromatic N) is 1. The molecule has 1 aliphatic rings. The summed E-state index contributed by atoms with van der Waals surface area (Å²) in [6.45, 7) is -3.51. The van der Waals surface area contributed by atoms with Gasteiger partial charge in [0.25, 0.3) is 0 Å². The van der Waals surface area contributed by atoms with Crippen LogP contribution in [-0.2, 0) is 10.2 Å². The number of rotatable bonds is 22. The van der Waals surface area contributed by atoms with Crippen molar-refractivity contribution in [3.8, 4) is 17.6 Å². The van der Waals surface area contributed by atoms with E-state index in [1.807, 2.05) is 0 Å². The van der Waals surface area contributed by atoms with Gasteiger partial charge in [0.05, 0.1) is 11.5 Å². The molecule has 1 aliphatic carbocycles. The Morgan fingerprint density at radius 2 is 1.36 bits per heavy atom. The molecular weight excluding hydrogens is 550 g/mol. The number of ether oxygens (including phenoxy) is 2. The van der Waals surface area contributed by atoms with Crippen molar-refractivity contribution in [1.82, 2.24) is 10.9 Å². The highest BCUT2D eigenvalue weighted by Gasteiger charge is 2.40. The Morgan fingerprint density at radius 1 is 0.857 bits per heavy atom. The van der Waals surface area contributed by atoms with Crippen molar-refractivity contribution in [3.63, 3.8) is 0 Å². The first-order chi connectivity index (χ1) is 20.3. The van der Waals surface area contributed by atoms with E-state index in [9.17, 15) is 27.6 Å². The first-order valence-electron chi connectivity index (χ1n) is 15.8. The molecule has 0 bridgehead atoms. The maximum atomic E-state index is 12.9. The topological polar surface area (TPSA) is 83.4 Å². The molecule has 1 fully saturated rings. The fourth-order valence-electron chi connectivity index (χ4n) is 5.68. The maximum Gasteiger partial charge on any atom is 0.387 e. The molecule has 0 spiro atoms. The zero-order valence-corrected chi connectivity index (χ0v) is 25.1. The van der Waals surface area contributed by atoms with Gasteiger partial charge in [0.2, 0.25) is 5.91 Å². The van der Waals surface area contributed by atoms with Gasteiger partial charge in [-0.05, 0) is 49.8 Å². The molecule has 10 heteroatoms. The number of alkyl halides is 4. The molecule has 0 atom stereocenters. The number of hydrazine groups is 1. The van der Waals surface area contributed by atoms with Gasteiger partial charge in [-0.3, -0.25) is 10.2 Å². The van der Waals surface area contributed by atoms with Crippen LogP contribution < -0.4 is 20.3 Å². The monoisotopic (exact) mass is 599 g/mol. The summed E-state index contributed by atoms with van der Waals surface area (Å²) in [5.41, 5.74) is 5.12. The molecule has 0 heterocycles. The molecule has 0 saturated heterocycles. The van der Waals surface area contributed by atoms with Crippen LogP contribution >= 0.6 is 0 Å². The third kappa shape index (κ3) is 13.2. The maximum absolute atomic E-state index is 12.9. The third-order valence-corrected chi connectivity index (χ3v) is 8.22. The lowest BCUT2D eigenvalue weighted by Crippen LogP contribution is -2.44. The molecule has 238 valence electrons. The van der Waals surface area contributed by atoms with E-state index in [1.54, 1.807) is 0 Å². The minimum absolute atomic E-state index is 0.130. The Morgan fingerprint density at radius 3 is 1.86 bits per heavy atom. The van der Waals surface area contributed by atoms with Crippen LogP contribution in [-0.4, -0.2) is 25.7 Å². The van der Waals surface area contributed by atoms with Crippen LogP contribution in [0.2, 0.25) is 0 Å². The second-order valence-corrected chi connectivity index (χ2v) is 11.4. The van der Waals surface area contributed by atoms with Crippen LogP contribution in [0.3, 0.4) is 0 Å². The van der Waals surface area contributed by atoms with Crippen molar-refractivity contribution in [1.29, 1.82) is 5.26 Å². The van der Waals surface area contributed by atoms with Crippen LogP contribution in [0.4, 0.5) is 17.6 Å². The zero-order chi connectivity index (χ0) is 30.6. The number of hydrogen-bond donors (Lipinski definition) is 2. The Labute approximate surface area is 248 Å². The number of carbonyl (C=O) groups excluding carboxylic acids is 1. The minimum Gasteiger partial charge on any atom is -0.431 e. The SMILES string of the molecule is CCCCCCCCCCCCCCCCNNC(=O)C1CCC(C#N)(c2ccc(OC(F)F)c(OC(F)F)c2)CC1. The molecule has 0 aromatic heterocycles. The van der Waals surface area contributed by atoms with Gasteiger partial charge in [0.15, 0.2) is 11.5 Å². The highest BCUT2D eigenvalue weighted by atomic mass is 19.3. The van der Waals surface area contributed by atoms with Gasteiger partial charge in [-0.25, -0.2) is 5.43 Å². The summed E-state index contributed by atoms with van der Waals surface area (Å²) < 4.78 is 59.7. The largest absolute Gasteiger partial charge is 0.431 e. The summed E-state index contributed by atoms with van der Waals surface area (Å²) >= 11 is 0. The van der Waals surface area contributed by atoms with Gasteiger partial charge in [0.1, 0.15) is 0 Å². The second kappa shape index (κ2) is 20.4. The smallest absolute Gasteiger partial charge is 0.387 e. The van der Waals surface area contributed by atoms with Gasteiger partial charge in [-0.15, -0.1) is 0 Å². The highest BCUT2D eigenvalue weighted by Crippen LogP contribution is 2.44. The zero-order valence-electron chi connectivity index (χ0n) is 25.1. The van der Waals surface area contributed by atoms with E-state index in [0.717, 1.165) is 25.0 Å². The summed E-state index contributed by atoms with van der Waals surface area (Å²) in [6.07, 6.45) is 19.6. The van der Waals surface area contributed by atoms with Crippen molar-refractivity contribution in [2.24, 2.45) is 5.92 Å².